The van der Waals surface area contributed by atoms with E-state index in [2.05, 4.69) is 76.3 Å². The molecule has 0 aliphatic rings. The van der Waals surface area contributed by atoms with Crippen molar-refractivity contribution in [1.82, 2.24) is 58.6 Å². The van der Waals surface area contributed by atoms with Crippen molar-refractivity contribution in [2.75, 3.05) is 143 Å². The first kappa shape index (κ1) is 123. The fourth-order valence-electron chi connectivity index (χ4n) is 16.5. The van der Waals surface area contributed by atoms with Crippen molar-refractivity contribution in [2.24, 2.45) is 0 Å². The molecule has 0 aliphatic heterocycles. The summed E-state index contributed by atoms with van der Waals surface area (Å²) in [7, 11) is -4.53. The number of aromatic nitrogens is 12. The Bertz CT molecular complexity index is 4480. The van der Waals surface area contributed by atoms with Crippen molar-refractivity contribution in [3.8, 4) is 0 Å². The van der Waals surface area contributed by atoms with Crippen molar-refractivity contribution in [3.63, 3.8) is 0 Å². The second kappa shape index (κ2) is 80.7. The van der Waals surface area contributed by atoms with Crippen LogP contribution in [0.4, 0.5) is 17.5 Å². The number of hydrogen-bond donors (Lipinski definition) is 5. The number of hydrogen-bond acceptors (Lipinski definition) is 29. The molecule has 0 fully saturated rings. The predicted octanol–water partition coefficient (Wildman–Crippen LogP) is 25.3. The van der Waals surface area contributed by atoms with Gasteiger partial charge < -0.3 is 101 Å². The first-order valence-electron chi connectivity index (χ1n) is 53.7. The lowest BCUT2D eigenvalue weighted by atomic mass is 10.0. The van der Waals surface area contributed by atoms with E-state index in [9.17, 15) is 23.7 Å². The zero-order valence-electron chi connectivity index (χ0n) is 87.3. The molecule has 8 aromatic rings. The lowest BCUT2D eigenvalue weighted by molar-refractivity contribution is -0.00144. The van der Waals surface area contributed by atoms with Gasteiger partial charge in [0.1, 0.15) is 54.6 Å². The second-order valence-corrected chi connectivity index (χ2v) is 42.7. The molecule has 2 aromatic carbocycles. The Balaban J connectivity index is 0.000000325. The monoisotopic (exact) mass is 2030 g/mol. The summed E-state index contributed by atoms with van der Waals surface area (Å²) in [6.07, 6.45) is 70.6. The van der Waals surface area contributed by atoms with Crippen molar-refractivity contribution in [1.29, 1.82) is 0 Å². The van der Waals surface area contributed by atoms with Crippen LogP contribution in [0.5, 0.6) is 0 Å². The number of imidazole rings is 3. The fourth-order valence-corrected chi connectivity index (χ4v) is 20.0. The molecule has 0 aliphatic carbocycles. The summed E-state index contributed by atoms with van der Waals surface area (Å²) in [5, 5.41) is 16.0. The molecule has 33 nitrogen and oxygen atoms in total. The minimum Gasteiger partial charge on any atom is -0.394 e. The number of aliphatic hydroxyl groups is 1. The van der Waals surface area contributed by atoms with E-state index in [0.29, 0.717) is 91.3 Å². The molecule has 6 atom stereocenters. The van der Waals surface area contributed by atoms with Gasteiger partial charge in [0.15, 0.2) is 34.4 Å². The predicted molar refractivity (Wildman–Crippen MR) is 566 cm³/mol. The van der Waals surface area contributed by atoms with Crippen LogP contribution < -0.4 is 16.4 Å². The van der Waals surface area contributed by atoms with E-state index in [1.165, 1.54) is 295 Å². The average Bonchev–Trinajstić information content (AvgIpc) is 1.67. The molecule has 141 heavy (non-hydrogen) atoms. The average molecular weight is 2040 g/mol. The van der Waals surface area contributed by atoms with Crippen LogP contribution in [0.1, 0.15) is 340 Å². The van der Waals surface area contributed by atoms with Gasteiger partial charge in [-0.1, -0.05) is 370 Å². The van der Waals surface area contributed by atoms with Crippen LogP contribution in [0, 0.1) is 0 Å². The Hall–Kier alpha value is -6.42. The number of benzene rings is 2. The lowest BCUT2D eigenvalue weighted by Crippen LogP contribution is -2.26. The van der Waals surface area contributed by atoms with E-state index < -0.39 is 47.4 Å². The number of fused-ring (bicyclic) bond motifs is 3. The summed E-state index contributed by atoms with van der Waals surface area (Å²) in [5.41, 5.74) is 11.2. The number of anilines is 3. The highest BCUT2D eigenvalue weighted by Crippen LogP contribution is 2.51. The minimum atomic E-state index is -3.93. The molecule has 0 bridgehead atoms. The maximum atomic E-state index is 13.9. The summed E-state index contributed by atoms with van der Waals surface area (Å²) in [5.74, 6) is 1.53. The lowest BCUT2D eigenvalue weighted by Gasteiger charge is -2.23. The van der Waals surface area contributed by atoms with E-state index in [-0.39, 0.29) is 84.5 Å². The molecule has 6 aromatic heterocycles. The largest absolute Gasteiger partial charge is 0.394 e. The van der Waals surface area contributed by atoms with E-state index in [1.54, 1.807) is 56.4 Å². The van der Waals surface area contributed by atoms with Gasteiger partial charge >= 0.3 is 22.8 Å². The number of nitrogens with two attached hydrogens (primary N) is 1. The van der Waals surface area contributed by atoms with E-state index in [4.69, 9.17) is 66.2 Å². The highest BCUT2D eigenvalue weighted by atomic mass is 31.2. The topological polar surface area (TPSA) is 393 Å². The molecule has 0 saturated heterocycles. The number of ether oxygens (including phenoxy) is 8. The van der Waals surface area contributed by atoms with Crippen molar-refractivity contribution in [2.45, 2.75) is 380 Å². The third kappa shape index (κ3) is 56.9. The number of nitrogens with zero attached hydrogens (tertiary/aromatic N) is 12. The first-order chi connectivity index (χ1) is 69.1. The third-order valence-corrected chi connectivity index (χ3v) is 28.9. The van der Waals surface area contributed by atoms with Gasteiger partial charge in [-0.15, -0.1) is 0 Å². The van der Waals surface area contributed by atoms with Crippen LogP contribution in [0.3, 0.4) is 0 Å². The zero-order valence-corrected chi connectivity index (χ0v) is 89.9. The van der Waals surface area contributed by atoms with Gasteiger partial charge in [0.05, 0.1) is 130 Å². The van der Waals surface area contributed by atoms with Crippen molar-refractivity contribution >= 4 is 73.7 Å². The Morgan fingerprint density at radius 3 is 0.936 bits per heavy atom. The molecular weight excluding hydrogens is 1850 g/mol. The first-order valence-corrected chi connectivity index (χ1v) is 58.9. The summed E-state index contributed by atoms with van der Waals surface area (Å²) >= 11 is 0. The molecule has 36 heteroatoms. The Morgan fingerprint density at radius 2 is 0.617 bits per heavy atom. The van der Waals surface area contributed by atoms with Crippen LogP contribution in [0.25, 0.3) is 33.5 Å². The molecule has 3 unspecified atom stereocenters. The van der Waals surface area contributed by atoms with Gasteiger partial charge in [0.2, 0.25) is 0 Å². The molecule has 6 heterocycles. The summed E-state index contributed by atoms with van der Waals surface area (Å²) in [4.78, 5) is 48.5. The molecule has 800 valence electrons. The Morgan fingerprint density at radius 1 is 0.333 bits per heavy atom. The molecule has 0 saturated carbocycles. The van der Waals surface area contributed by atoms with Crippen LogP contribution in [0.2, 0.25) is 0 Å². The van der Waals surface area contributed by atoms with E-state index in [0.717, 1.165) is 43.2 Å². The summed E-state index contributed by atoms with van der Waals surface area (Å²) < 4.78 is 119. The van der Waals surface area contributed by atoms with Gasteiger partial charge in [-0.05, 0) is 30.4 Å². The Labute approximate surface area is 844 Å². The van der Waals surface area contributed by atoms with Crippen molar-refractivity contribution in [3.05, 3.63) is 110 Å². The number of methoxy groups -OCH3 is 2. The maximum absolute atomic E-state index is 13.9. The highest BCUT2D eigenvalue weighted by molar-refractivity contribution is 7.54. The van der Waals surface area contributed by atoms with Crippen LogP contribution in [-0.2, 0) is 107 Å². The smallest absolute Gasteiger partial charge is 0.356 e. The van der Waals surface area contributed by atoms with E-state index >= 15 is 0 Å². The fraction of sp³-hybridized carbons (Fsp3) is 0.743. The highest BCUT2D eigenvalue weighted by Gasteiger charge is 2.31. The second-order valence-electron chi connectivity index (χ2n) is 36.9. The van der Waals surface area contributed by atoms with Crippen LogP contribution in [-0.4, -0.2) is 214 Å². The van der Waals surface area contributed by atoms with Crippen LogP contribution in [0.15, 0.2) is 98.6 Å². The molecule has 0 radical (unpaired) electrons. The van der Waals surface area contributed by atoms with E-state index in [1.807, 2.05) is 65.2 Å². The molecule has 0 amide bonds. The van der Waals surface area contributed by atoms with Gasteiger partial charge in [-0.25, -0.2) is 44.9 Å². The maximum Gasteiger partial charge on any atom is 0.356 e. The summed E-state index contributed by atoms with van der Waals surface area (Å²) in [6.45, 7) is 11.4. The molecular formula is C105H182N15O18P3. The number of nitrogen functional groups attached to an aromatic ring is 1. The molecule has 0 spiro atoms. The SMILES string of the molecule is CCCCCCCCCCCCCCCCCCOCCOP(=O)(CO[C@H](CO)Cn1cnc2c(N)ncnc21)OCc1ccccc1.CCCCCCCCCCCCCCCCCCOCCOP(=O)(CO[C@H](COC)Cn1cnc2c(NC)ncnc21)OCc1ccccc1.CCCCCCCCCCCCCCCCCCOCCOP(=O)(O)CO[C@H](COC)Cn1cnc2c(NC)ncnc21. The zero-order chi connectivity index (χ0) is 101. The number of unbranched alkanes of at least 4 members (excludes halogenated alkanes) is 45. The van der Waals surface area contributed by atoms with Crippen LogP contribution >= 0.6 is 22.8 Å². The third-order valence-electron chi connectivity index (χ3n) is 24.7. The number of rotatable bonds is 91. The normalized spacial score (nSPS) is 13.7. The minimum absolute atomic E-state index is 0.0425. The quantitative estimate of drug-likeness (QED) is 0.0175. The van der Waals surface area contributed by atoms with Gasteiger partial charge in [0.25, 0.3) is 0 Å². The number of aliphatic hydroxyl groups excluding tert-OH is 1. The van der Waals surface area contributed by atoms with Gasteiger partial charge in [-0.3, -0.25) is 13.7 Å². The standard InChI is InChI=1S/C38H64N5O6P.C36H60N5O6P.C31H58N5O6P/c1-4-5-6-7-8-9-10-11-12-13-14-15-16-17-18-22-25-46-26-27-48-50(44,49-29-34-23-20-19-21-24-34)33-47-35(30-45-3)28-43-32-42-36-37(39-2)40-31-41-38(36)43;1-2-3-4-5-6-7-8-9-10-11-12-13-14-15-16-20-23-44-24-25-46-48(43,47-28-32-21-18-17-19-22-32)31-45-33(27-42)26-41-30-40-34-35(37)38-29-39-36(34)41;1-4-5-6-7-8-9-10-11-12-13-14-15-16-17-18-19-20-40-21-22-42-43(37,38)27-41-28(24-39-3)23-36-26-35-29-30(32-2)33-25-34-31(29)36/h19-21,23-24,31-32,35H,4-18,22,25-30,33H2,1-3H3,(H,39,40,41);17-19,21-22,29-30,33,42H,2-16,20,23-28,31H2,1H3,(H2,37,38,39);25-26,28H,4-24,27H2,1-3H3,(H,37,38)(H,32,33,34)/t35-,50?;33-,48?;28-/m000/s1. The summed E-state index contributed by atoms with van der Waals surface area (Å²) in [6, 6.07) is 19.1. The Kier molecular flexibility index (Phi) is 70.5. The number of nitrogens with one attached hydrogen (secondary N) is 2. The molecule has 6 N–H and O–H groups in total. The molecule has 8 rings (SSSR count). The van der Waals surface area contributed by atoms with Gasteiger partial charge in [0, 0.05) is 48.1 Å². The van der Waals surface area contributed by atoms with Crippen molar-refractivity contribution < 1.29 is 84.2 Å². The van der Waals surface area contributed by atoms with Gasteiger partial charge in [-0.2, -0.15) is 0 Å².